The molecule has 0 unspecified atom stereocenters. The zero-order chi connectivity index (χ0) is 19.3. The van der Waals surface area contributed by atoms with E-state index in [1.54, 1.807) is 37.0 Å². The van der Waals surface area contributed by atoms with Crippen LogP contribution in [0.1, 0.15) is 15.4 Å². The summed E-state index contributed by atoms with van der Waals surface area (Å²) >= 11 is 1.21. The van der Waals surface area contributed by atoms with E-state index in [2.05, 4.69) is 25.4 Å². The van der Waals surface area contributed by atoms with Crippen LogP contribution in [0.3, 0.4) is 0 Å². The van der Waals surface area contributed by atoms with E-state index in [-0.39, 0.29) is 11.8 Å². The Morgan fingerprint density at radius 3 is 2.82 bits per heavy atom. The van der Waals surface area contributed by atoms with Gasteiger partial charge in [0.05, 0.1) is 7.11 Å². The second-order valence-corrected chi connectivity index (χ2v) is 6.55. The van der Waals surface area contributed by atoms with Crippen LogP contribution in [0, 0.1) is 0 Å². The molecular formula is C19H15N5O3S. The van der Waals surface area contributed by atoms with E-state index in [1.165, 1.54) is 11.3 Å². The molecule has 3 heterocycles. The second kappa shape index (κ2) is 7.97. The minimum Gasteiger partial charge on any atom is -0.496 e. The van der Waals surface area contributed by atoms with Gasteiger partial charge in [-0.2, -0.15) is 4.98 Å². The summed E-state index contributed by atoms with van der Waals surface area (Å²) in [6.07, 6.45) is 3.30. The number of amides is 1. The lowest BCUT2D eigenvalue weighted by atomic mass is 10.2. The molecule has 0 saturated carbocycles. The summed E-state index contributed by atoms with van der Waals surface area (Å²) in [5.41, 5.74) is 2.13. The summed E-state index contributed by atoms with van der Waals surface area (Å²) in [5, 5.41) is 8.81. The molecule has 3 aromatic heterocycles. The van der Waals surface area contributed by atoms with E-state index >= 15 is 0 Å². The number of nitrogens with one attached hydrogen (secondary N) is 1. The molecule has 0 saturated heterocycles. The Morgan fingerprint density at radius 1 is 1.18 bits per heavy atom. The molecule has 4 aromatic rings. The van der Waals surface area contributed by atoms with Gasteiger partial charge in [0.1, 0.15) is 11.4 Å². The average Bonchev–Trinajstić information content (AvgIpc) is 3.42. The first-order valence-corrected chi connectivity index (χ1v) is 9.22. The third-order valence-electron chi connectivity index (χ3n) is 3.91. The molecule has 0 aliphatic carbocycles. The summed E-state index contributed by atoms with van der Waals surface area (Å²) < 4.78 is 10.6. The number of aromatic nitrogens is 4. The highest BCUT2D eigenvalue weighted by atomic mass is 32.1. The van der Waals surface area contributed by atoms with Crippen molar-refractivity contribution in [3.8, 4) is 28.7 Å². The number of thiazole rings is 1. The van der Waals surface area contributed by atoms with Gasteiger partial charge in [-0.05, 0) is 18.2 Å². The zero-order valence-corrected chi connectivity index (χ0v) is 15.6. The van der Waals surface area contributed by atoms with Crippen molar-refractivity contribution in [2.75, 3.05) is 7.11 Å². The van der Waals surface area contributed by atoms with E-state index in [0.717, 1.165) is 16.9 Å². The largest absolute Gasteiger partial charge is 0.496 e. The summed E-state index contributed by atoms with van der Waals surface area (Å²) in [7, 11) is 1.60. The van der Waals surface area contributed by atoms with Crippen molar-refractivity contribution in [2.45, 2.75) is 6.54 Å². The van der Waals surface area contributed by atoms with E-state index in [4.69, 9.17) is 9.26 Å². The monoisotopic (exact) mass is 393 g/mol. The van der Waals surface area contributed by atoms with Gasteiger partial charge in [0.25, 0.3) is 11.8 Å². The number of benzene rings is 1. The van der Waals surface area contributed by atoms with Crippen LogP contribution >= 0.6 is 11.3 Å². The summed E-state index contributed by atoms with van der Waals surface area (Å²) in [6, 6.07) is 11.1. The fraction of sp³-hybridized carbons (Fsp3) is 0.105. The molecule has 140 valence electrons. The number of pyridine rings is 1. The highest BCUT2D eigenvalue weighted by molar-refractivity contribution is 7.12. The van der Waals surface area contributed by atoms with Crippen LogP contribution in [0.2, 0.25) is 0 Å². The number of methoxy groups -OCH3 is 1. The predicted octanol–water partition coefficient (Wildman–Crippen LogP) is 3.19. The number of carbonyl (C=O) groups is 1. The molecule has 1 aromatic carbocycles. The molecule has 28 heavy (non-hydrogen) atoms. The summed E-state index contributed by atoms with van der Waals surface area (Å²) in [6.45, 7) is 0.338. The molecule has 9 heteroatoms. The summed E-state index contributed by atoms with van der Waals surface area (Å²) in [4.78, 5) is 25.0. The van der Waals surface area contributed by atoms with Crippen molar-refractivity contribution >= 4 is 17.2 Å². The van der Waals surface area contributed by atoms with Gasteiger partial charge in [-0.3, -0.25) is 9.78 Å². The first kappa shape index (κ1) is 17.8. The Bertz CT molecular complexity index is 1090. The van der Waals surface area contributed by atoms with Gasteiger partial charge in [-0.1, -0.05) is 23.4 Å². The maximum atomic E-state index is 12.4. The van der Waals surface area contributed by atoms with Gasteiger partial charge >= 0.3 is 0 Å². The van der Waals surface area contributed by atoms with Crippen LogP contribution in [0.4, 0.5) is 0 Å². The van der Waals surface area contributed by atoms with Crippen molar-refractivity contribution in [1.29, 1.82) is 0 Å². The molecule has 0 fully saturated rings. The minimum atomic E-state index is -0.281. The molecule has 0 spiro atoms. The number of hydrogen-bond donors (Lipinski definition) is 1. The van der Waals surface area contributed by atoms with Crippen molar-refractivity contribution < 1.29 is 14.1 Å². The van der Waals surface area contributed by atoms with E-state index in [0.29, 0.717) is 23.1 Å². The molecular weight excluding hydrogens is 378 g/mol. The van der Waals surface area contributed by atoms with Crippen LogP contribution in [0.25, 0.3) is 23.0 Å². The number of para-hydroxylation sites is 1. The third-order valence-corrected chi connectivity index (χ3v) is 4.76. The number of nitrogens with zero attached hydrogens (tertiary/aromatic N) is 4. The second-order valence-electron chi connectivity index (χ2n) is 5.69. The molecule has 0 aliphatic rings. The van der Waals surface area contributed by atoms with Gasteiger partial charge in [0, 0.05) is 35.4 Å². The standard InChI is InChI=1S/C19H15N5O3S/c1-26-15-5-3-2-4-13(15)10-21-17(25)19-22-14(11-28-19)18-23-16(24-27-18)12-6-8-20-9-7-12/h2-9,11H,10H2,1H3,(H,21,25). The van der Waals surface area contributed by atoms with Crippen molar-refractivity contribution in [2.24, 2.45) is 0 Å². The van der Waals surface area contributed by atoms with Crippen molar-refractivity contribution in [3.05, 3.63) is 64.7 Å². The number of carbonyl (C=O) groups excluding carboxylic acids is 1. The van der Waals surface area contributed by atoms with Gasteiger partial charge < -0.3 is 14.6 Å². The van der Waals surface area contributed by atoms with Crippen molar-refractivity contribution in [3.63, 3.8) is 0 Å². The molecule has 1 N–H and O–H groups in total. The molecule has 0 aliphatic heterocycles. The molecule has 8 nitrogen and oxygen atoms in total. The van der Waals surface area contributed by atoms with Crippen LogP contribution < -0.4 is 10.1 Å². The van der Waals surface area contributed by atoms with E-state index < -0.39 is 0 Å². The van der Waals surface area contributed by atoms with Gasteiger partial charge in [-0.15, -0.1) is 11.3 Å². The maximum Gasteiger partial charge on any atom is 0.280 e. The quantitative estimate of drug-likeness (QED) is 0.536. The van der Waals surface area contributed by atoms with Crippen LogP contribution in [0.5, 0.6) is 5.75 Å². The Hall–Kier alpha value is -3.59. The van der Waals surface area contributed by atoms with Gasteiger partial charge in [0.2, 0.25) is 5.82 Å². The number of ether oxygens (including phenoxy) is 1. The van der Waals surface area contributed by atoms with Gasteiger partial charge in [-0.25, -0.2) is 4.98 Å². The smallest absolute Gasteiger partial charge is 0.280 e. The van der Waals surface area contributed by atoms with Crippen LogP contribution in [-0.2, 0) is 6.54 Å². The maximum absolute atomic E-state index is 12.4. The highest BCUT2D eigenvalue weighted by Gasteiger charge is 2.17. The molecule has 0 atom stereocenters. The first-order valence-electron chi connectivity index (χ1n) is 8.34. The molecule has 0 radical (unpaired) electrons. The fourth-order valence-electron chi connectivity index (χ4n) is 2.52. The predicted molar refractivity (Wildman–Crippen MR) is 103 cm³/mol. The van der Waals surface area contributed by atoms with Crippen LogP contribution in [0.15, 0.2) is 58.7 Å². The first-order chi connectivity index (χ1) is 13.7. The van der Waals surface area contributed by atoms with Crippen LogP contribution in [-0.4, -0.2) is 33.1 Å². The normalized spacial score (nSPS) is 10.6. The summed E-state index contributed by atoms with van der Waals surface area (Å²) in [5.74, 6) is 1.13. The Kier molecular flexibility index (Phi) is 5.07. The molecule has 0 bridgehead atoms. The van der Waals surface area contributed by atoms with E-state index in [9.17, 15) is 4.79 Å². The van der Waals surface area contributed by atoms with E-state index in [1.807, 2.05) is 24.3 Å². The molecule has 4 rings (SSSR count). The Morgan fingerprint density at radius 2 is 2.00 bits per heavy atom. The number of rotatable bonds is 6. The fourth-order valence-corrected chi connectivity index (χ4v) is 3.23. The lowest BCUT2D eigenvalue weighted by Gasteiger charge is -2.08. The minimum absolute atomic E-state index is 0.256. The lowest BCUT2D eigenvalue weighted by Crippen LogP contribution is -2.22. The highest BCUT2D eigenvalue weighted by Crippen LogP contribution is 2.24. The lowest BCUT2D eigenvalue weighted by molar-refractivity contribution is 0.0950. The zero-order valence-electron chi connectivity index (χ0n) is 14.8. The Balaban J connectivity index is 1.45. The van der Waals surface area contributed by atoms with Crippen molar-refractivity contribution in [1.82, 2.24) is 25.4 Å². The Labute approximate surface area is 164 Å². The number of hydrogen-bond acceptors (Lipinski definition) is 8. The topological polar surface area (TPSA) is 103 Å². The van der Waals surface area contributed by atoms with Gasteiger partial charge in [0.15, 0.2) is 5.01 Å². The SMILES string of the molecule is COc1ccccc1CNC(=O)c1nc(-c2nc(-c3ccncc3)no2)cs1. The average molecular weight is 393 g/mol. The molecule has 1 amide bonds. The third kappa shape index (κ3) is 3.74.